The molecule has 1 aliphatic carbocycles. The Labute approximate surface area is 122 Å². The number of nitrogen functional groups attached to an aromatic ring is 1. The number of pyridine rings is 1. The highest BCUT2D eigenvalue weighted by Crippen LogP contribution is 2.40. The molecule has 0 spiro atoms. The summed E-state index contributed by atoms with van der Waals surface area (Å²) < 4.78 is 5.57. The Morgan fingerprint density at radius 1 is 1.30 bits per heavy atom. The molecule has 4 heteroatoms. The van der Waals surface area contributed by atoms with E-state index in [1.165, 1.54) is 32.1 Å². The summed E-state index contributed by atoms with van der Waals surface area (Å²) in [6.07, 6.45) is 7.55. The smallest absolute Gasteiger partial charge is 0.239 e. The predicted molar refractivity (Wildman–Crippen MR) is 84.1 cm³/mol. The normalized spacial score (nSPS) is 17.1. The Hall–Kier alpha value is -1.45. The molecule has 0 atom stereocenters. The highest BCUT2D eigenvalue weighted by atomic mass is 16.5. The van der Waals surface area contributed by atoms with Crippen LogP contribution in [-0.4, -0.2) is 18.1 Å². The summed E-state index contributed by atoms with van der Waals surface area (Å²) in [5, 5.41) is 3.48. The first kappa shape index (κ1) is 14.9. The van der Waals surface area contributed by atoms with Gasteiger partial charge in [-0.05, 0) is 43.2 Å². The number of nitrogens with zero attached hydrogens (tertiary/aromatic N) is 1. The first-order chi connectivity index (χ1) is 9.69. The van der Waals surface area contributed by atoms with E-state index in [0.29, 0.717) is 23.6 Å². The minimum Gasteiger partial charge on any atom is -0.476 e. The zero-order chi connectivity index (χ0) is 14.4. The monoisotopic (exact) mass is 277 g/mol. The molecule has 4 nitrogen and oxygen atoms in total. The lowest BCUT2D eigenvalue weighted by molar-refractivity contribution is 0.302. The number of hydrogen-bond donors (Lipinski definition) is 2. The van der Waals surface area contributed by atoms with E-state index < -0.39 is 0 Å². The highest BCUT2D eigenvalue weighted by Gasteiger charge is 2.31. The zero-order valence-corrected chi connectivity index (χ0v) is 12.7. The van der Waals surface area contributed by atoms with E-state index >= 15 is 0 Å². The number of anilines is 2. The average Bonchev–Trinajstić information content (AvgIpc) is 2.94. The van der Waals surface area contributed by atoms with Crippen molar-refractivity contribution >= 4 is 11.5 Å². The van der Waals surface area contributed by atoms with E-state index in [4.69, 9.17) is 10.5 Å². The maximum atomic E-state index is 5.89. The number of nitrogens with two attached hydrogens (primary N) is 1. The van der Waals surface area contributed by atoms with Crippen LogP contribution in [0.4, 0.5) is 11.5 Å². The first-order valence-corrected chi connectivity index (χ1v) is 7.82. The lowest BCUT2D eigenvalue weighted by Gasteiger charge is -2.28. The van der Waals surface area contributed by atoms with Gasteiger partial charge in [0, 0.05) is 6.54 Å². The van der Waals surface area contributed by atoms with Crippen LogP contribution in [0.15, 0.2) is 12.1 Å². The molecule has 1 fully saturated rings. The van der Waals surface area contributed by atoms with Gasteiger partial charge in [0.05, 0.1) is 12.3 Å². The van der Waals surface area contributed by atoms with Crippen molar-refractivity contribution in [2.24, 2.45) is 5.41 Å². The van der Waals surface area contributed by atoms with E-state index in [2.05, 4.69) is 24.1 Å². The zero-order valence-electron chi connectivity index (χ0n) is 12.7. The van der Waals surface area contributed by atoms with Crippen LogP contribution in [0.25, 0.3) is 0 Å². The van der Waals surface area contributed by atoms with E-state index in [9.17, 15) is 0 Å². The quantitative estimate of drug-likeness (QED) is 0.795. The second-order valence-corrected chi connectivity index (χ2v) is 5.85. The van der Waals surface area contributed by atoms with Gasteiger partial charge in [-0.3, -0.25) is 0 Å². The third-order valence-corrected chi connectivity index (χ3v) is 4.39. The predicted octanol–water partition coefficient (Wildman–Crippen LogP) is 3.83. The van der Waals surface area contributed by atoms with Gasteiger partial charge in [0.25, 0.3) is 0 Å². The molecule has 0 aliphatic heterocycles. The van der Waals surface area contributed by atoms with Crippen molar-refractivity contribution in [2.75, 3.05) is 24.2 Å². The van der Waals surface area contributed by atoms with Crippen LogP contribution in [0, 0.1) is 5.41 Å². The standard InChI is InChI=1S/C16H27N3O/c1-3-11-20-15-13(17)7-8-14(19-15)18-12-16(4-2)9-5-6-10-16/h7-8H,3-6,9-12,17H2,1-2H3,(H,18,19). The molecule has 0 unspecified atom stereocenters. The minimum absolute atomic E-state index is 0.452. The molecule has 1 aliphatic rings. The van der Waals surface area contributed by atoms with Crippen LogP contribution in [-0.2, 0) is 0 Å². The van der Waals surface area contributed by atoms with Gasteiger partial charge >= 0.3 is 0 Å². The molecule has 0 saturated heterocycles. The Morgan fingerprint density at radius 3 is 2.70 bits per heavy atom. The molecule has 112 valence electrons. The van der Waals surface area contributed by atoms with Crippen molar-refractivity contribution in [3.05, 3.63) is 12.1 Å². The van der Waals surface area contributed by atoms with Crippen LogP contribution in [0.2, 0.25) is 0 Å². The largest absolute Gasteiger partial charge is 0.476 e. The average molecular weight is 277 g/mol. The van der Waals surface area contributed by atoms with Gasteiger partial charge < -0.3 is 15.8 Å². The lowest BCUT2D eigenvalue weighted by atomic mass is 9.83. The molecule has 1 saturated carbocycles. The van der Waals surface area contributed by atoms with E-state index in [1.54, 1.807) is 0 Å². The summed E-state index contributed by atoms with van der Waals surface area (Å²) in [6, 6.07) is 3.81. The fraction of sp³-hybridized carbons (Fsp3) is 0.688. The molecule has 20 heavy (non-hydrogen) atoms. The third-order valence-electron chi connectivity index (χ3n) is 4.39. The molecular weight excluding hydrogens is 250 g/mol. The Balaban J connectivity index is 1.98. The molecule has 0 aromatic carbocycles. The summed E-state index contributed by atoms with van der Waals surface area (Å²) in [6.45, 7) is 6.01. The van der Waals surface area contributed by atoms with Crippen molar-refractivity contribution in [3.63, 3.8) is 0 Å². The first-order valence-electron chi connectivity index (χ1n) is 7.82. The topological polar surface area (TPSA) is 60.2 Å². The molecule has 2 rings (SSSR count). The molecule has 0 bridgehead atoms. The second kappa shape index (κ2) is 6.82. The SMILES string of the molecule is CCCOc1nc(NCC2(CC)CCCC2)ccc1N. The van der Waals surface area contributed by atoms with E-state index in [0.717, 1.165) is 18.8 Å². The highest BCUT2D eigenvalue weighted by molar-refractivity contribution is 5.53. The lowest BCUT2D eigenvalue weighted by Crippen LogP contribution is -2.26. The summed E-state index contributed by atoms with van der Waals surface area (Å²) >= 11 is 0. The number of rotatable bonds is 7. The van der Waals surface area contributed by atoms with Crippen LogP contribution in [0.3, 0.4) is 0 Å². The number of nitrogens with one attached hydrogen (secondary N) is 1. The molecule has 1 aromatic heterocycles. The fourth-order valence-electron chi connectivity index (χ4n) is 2.92. The van der Waals surface area contributed by atoms with Crippen LogP contribution < -0.4 is 15.8 Å². The summed E-state index contributed by atoms with van der Waals surface area (Å²) in [5.74, 6) is 1.42. The second-order valence-electron chi connectivity index (χ2n) is 5.85. The van der Waals surface area contributed by atoms with Crippen LogP contribution in [0.5, 0.6) is 5.88 Å². The van der Waals surface area contributed by atoms with Gasteiger partial charge in [-0.25, -0.2) is 0 Å². The Kier molecular flexibility index (Phi) is 5.10. The van der Waals surface area contributed by atoms with Gasteiger partial charge in [-0.1, -0.05) is 26.7 Å². The number of aromatic nitrogens is 1. The minimum atomic E-state index is 0.452. The van der Waals surface area contributed by atoms with Crippen molar-refractivity contribution in [1.29, 1.82) is 0 Å². The van der Waals surface area contributed by atoms with Gasteiger partial charge in [0.15, 0.2) is 0 Å². The van der Waals surface area contributed by atoms with Crippen LogP contribution in [0.1, 0.15) is 52.4 Å². The molecular formula is C16H27N3O. The molecule has 1 aromatic rings. The maximum absolute atomic E-state index is 5.89. The number of hydrogen-bond acceptors (Lipinski definition) is 4. The van der Waals surface area contributed by atoms with E-state index in [-0.39, 0.29) is 0 Å². The van der Waals surface area contributed by atoms with Gasteiger partial charge in [0.2, 0.25) is 5.88 Å². The van der Waals surface area contributed by atoms with Crippen LogP contribution >= 0.6 is 0 Å². The van der Waals surface area contributed by atoms with Crippen molar-refractivity contribution in [1.82, 2.24) is 4.98 Å². The Bertz CT molecular complexity index is 428. The molecule has 3 N–H and O–H groups in total. The van der Waals surface area contributed by atoms with E-state index in [1.807, 2.05) is 12.1 Å². The van der Waals surface area contributed by atoms with Crippen molar-refractivity contribution in [2.45, 2.75) is 52.4 Å². The Morgan fingerprint density at radius 2 is 2.05 bits per heavy atom. The van der Waals surface area contributed by atoms with Gasteiger partial charge in [-0.2, -0.15) is 4.98 Å². The van der Waals surface area contributed by atoms with Crippen molar-refractivity contribution < 1.29 is 4.74 Å². The number of ether oxygens (including phenoxy) is 1. The molecule has 0 radical (unpaired) electrons. The van der Waals surface area contributed by atoms with Gasteiger partial charge in [-0.15, -0.1) is 0 Å². The molecule has 1 heterocycles. The summed E-state index contributed by atoms with van der Waals surface area (Å²) in [4.78, 5) is 4.48. The third kappa shape index (κ3) is 3.56. The molecule has 0 amide bonds. The van der Waals surface area contributed by atoms with Crippen molar-refractivity contribution in [3.8, 4) is 5.88 Å². The van der Waals surface area contributed by atoms with Gasteiger partial charge in [0.1, 0.15) is 5.82 Å². The maximum Gasteiger partial charge on any atom is 0.239 e. The summed E-state index contributed by atoms with van der Waals surface area (Å²) in [5.41, 5.74) is 6.94. The summed E-state index contributed by atoms with van der Waals surface area (Å²) in [7, 11) is 0. The fourth-order valence-corrected chi connectivity index (χ4v) is 2.92.